The van der Waals surface area contributed by atoms with Crippen LogP contribution in [-0.4, -0.2) is 50.4 Å². The molecular formula is C20H26N2O3S. The minimum atomic E-state index is -3.41. The van der Waals surface area contributed by atoms with Crippen molar-refractivity contribution in [2.45, 2.75) is 25.3 Å². The summed E-state index contributed by atoms with van der Waals surface area (Å²) in [6.07, 6.45) is 0. The molecule has 0 spiro atoms. The Morgan fingerprint density at radius 1 is 0.962 bits per heavy atom. The smallest absolute Gasteiger partial charge is 0.243 e. The first-order valence-corrected chi connectivity index (χ1v) is 10.4. The number of sulfonamides is 1. The van der Waals surface area contributed by atoms with Crippen LogP contribution in [0.3, 0.4) is 0 Å². The van der Waals surface area contributed by atoms with Crippen molar-refractivity contribution in [2.24, 2.45) is 0 Å². The number of hydrogen-bond acceptors (Lipinski definition) is 4. The van der Waals surface area contributed by atoms with Gasteiger partial charge in [0.2, 0.25) is 10.0 Å². The summed E-state index contributed by atoms with van der Waals surface area (Å²) in [4.78, 5) is 2.65. The summed E-state index contributed by atoms with van der Waals surface area (Å²) in [6, 6.07) is 15.1. The average molecular weight is 375 g/mol. The van der Waals surface area contributed by atoms with Gasteiger partial charge in [-0.15, -0.1) is 0 Å². The van der Waals surface area contributed by atoms with Gasteiger partial charge >= 0.3 is 0 Å². The van der Waals surface area contributed by atoms with Gasteiger partial charge in [-0.3, -0.25) is 4.90 Å². The molecule has 0 aromatic heterocycles. The maximum absolute atomic E-state index is 12.8. The zero-order valence-electron chi connectivity index (χ0n) is 15.4. The number of benzene rings is 2. The standard InChI is InChI=1S/C20H26N2O3S/c1-3-25-20-7-5-4-6-18(20)16-21-12-14-22(15-13-21)26(23,24)19-10-8-17(2)9-11-19/h4-11H,3,12-16H2,1-2H3. The third kappa shape index (κ3) is 4.26. The molecule has 0 N–H and O–H groups in total. The molecule has 6 heteroatoms. The van der Waals surface area contributed by atoms with Gasteiger partial charge in [-0.1, -0.05) is 35.9 Å². The summed E-state index contributed by atoms with van der Waals surface area (Å²) >= 11 is 0. The van der Waals surface area contributed by atoms with Crippen LogP contribution in [0.4, 0.5) is 0 Å². The van der Waals surface area contributed by atoms with E-state index in [9.17, 15) is 8.42 Å². The van der Waals surface area contributed by atoms with Crippen LogP contribution >= 0.6 is 0 Å². The third-order valence-corrected chi connectivity index (χ3v) is 6.57. The summed E-state index contributed by atoms with van der Waals surface area (Å²) in [6.45, 7) is 7.78. The summed E-state index contributed by atoms with van der Waals surface area (Å²) in [5.74, 6) is 0.907. The molecule has 0 saturated carbocycles. The van der Waals surface area contributed by atoms with E-state index in [1.54, 1.807) is 16.4 Å². The van der Waals surface area contributed by atoms with Crippen molar-refractivity contribution in [2.75, 3.05) is 32.8 Å². The Morgan fingerprint density at radius 3 is 2.27 bits per heavy atom. The maximum Gasteiger partial charge on any atom is 0.243 e. The van der Waals surface area contributed by atoms with E-state index in [1.807, 2.05) is 44.2 Å². The summed E-state index contributed by atoms with van der Waals surface area (Å²) in [5.41, 5.74) is 2.20. The van der Waals surface area contributed by atoms with Gasteiger partial charge in [0, 0.05) is 38.3 Å². The van der Waals surface area contributed by atoms with Crippen LogP contribution in [0, 0.1) is 6.92 Å². The van der Waals surface area contributed by atoms with Gasteiger partial charge in [-0.25, -0.2) is 8.42 Å². The molecule has 2 aromatic rings. The van der Waals surface area contributed by atoms with E-state index in [1.165, 1.54) is 0 Å². The largest absolute Gasteiger partial charge is 0.494 e. The first-order valence-electron chi connectivity index (χ1n) is 9.00. The Bertz CT molecular complexity index is 826. The number of para-hydroxylation sites is 1. The van der Waals surface area contributed by atoms with Crippen molar-refractivity contribution >= 4 is 10.0 Å². The molecule has 0 radical (unpaired) electrons. The fourth-order valence-electron chi connectivity index (χ4n) is 3.16. The minimum absolute atomic E-state index is 0.373. The van der Waals surface area contributed by atoms with E-state index in [-0.39, 0.29) is 0 Å². The Kier molecular flexibility index (Phi) is 5.96. The molecule has 0 aliphatic carbocycles. The van der Waals surface area contributed by atoms with Gasteiger partial charge in [0.15, 0.2) is 0 Å². The first kappa shape index (κ1) is 18.9. The van der Waals surface area contributed by atoms with Crippen LogP contribution in [0.15, 0.2) is 53.4 Å². The molecule has 1 heterocycles. The molecule has 140 valence electrons. The lowest BCUT2D eigenvalue weighted by atomic mass is 10.2. The molecule has 0 unspecified atom stereocenters. The van der Waals surface area contributed by atoms with E-state index < -0.39 is 10.0 Å². The molecule has 0 bridgehead atoms. The quantitative estimate of drug-likeness (QED) is 0.780. The van der Waals surface area contributed by atoms with E-state index in [4.69, 9.17) is 4.74 Å². The predicted molar refractivity (Wildman–Crippen MR) is 103 cm³/mol. The minimum Gasteiger partial charge on any atom is -0.494 e. The molecule has 1 saturated heterocycles. The van der Waals surface area contributed by atoms with Gasteiger partial charge in [0.25, 0.3) is 0 Å². The second-order valence-electron chi connectivity index (χ2n) is 6.53. The molecule has 1 fully saturated rings. The third-order valence-electron chi connectivity index (χ3n) is 4.66. The summed E-state index contributed by atoms with van der Waals surface area (Å²) < 4.78 is 32.9. The molecule has 26 heavy (non-hydrogen) atoms. The Balaban J connectivity index is 1.63. The molecule has 0 atom stereocenters. The molecule has 2 aromatic carbocycles. The topological polar surface area (TPSA) is 49.9 Å². The fraction of sp³-hybridized carbons (Fsp3) is 0.400. The van der Waals surface area contributed by atoms with E-state index in [0.717, 1.165) is 23.4 Å². The van der Waals surface area contributed by atoms with Crippen molar-refractivity contribution in [3.8, 4) is 5.75 Å². The van der Waals surface area contributed by atoms with Crippen molar-refractivity contribution in [1.29, 1.82) is 0 Å². The number of ether oxygens (including phenoxy) is 1. The Morgan fingerprint density at radius 2 is 1.62 bits per heavy atom. The lowest BCUT2D eigenvalue weighted by molar-refractivity contribution is 0.179. The average Bonchev–Trinajstić information content (AvgIpc) is 2.64. The van der Waals surface area contributed by atoms with Gasteiger partial charge in [0.1, 0.15) is 5.75 Å². The number of rotatable bonds is 6. The monoisotopic (exact) mass is 374 g/mol. The van der Waals surface area contributed by atoms with Crippen molar-refractivity contribution in [3.05, 3.63) is 59.7 Å². The van der Waals surface area contributed by atoms with Gasteiger partial charge in [-0.2, -0.15) is 4.31 Å². The molecule has 5 nitrogen and oxygen atoms in total. The highest BCUT2D eigenvalue weighted by atomic mass is 32.2. The van der Waals surface area contributed by atoms with Crippen LogP contribution < -0.4 is 4.74 Å². The van der Waals surface area contributed by atoms with Gasteiger partial charge in [0.05, 0.1) is 11.5 Å². The lowest BCUT2D eigenvalue weighted by Gasteiger charge is -2.34. The van der Waals surface area contributed by atoms with Crippen LogP contribution in [0.5, 0.6) is 5.75 Å². The van der Waals surface area contributed by atoms with Crippen LogP contribution in [0.2, 0.25) is 0 Å². The highest BCUT2D eigenvalue weighted by Gasteiger charge is 2.28. The van der Waals surface area contributed by atoms with Crippen LogP contribution in [0.1, 0.15) is 18.1 Å². The van der Waals surface area contributed by atoms with Gasteiger partial charge < -0.3 is 4.74 Å². The number of hydrogen-bond donors (Lipinski definition) is 0. The van der Waals surface area contributed by atoms with Crippen molar-refractivity contribution in [1.82, 2.24) is 9.21 Å². The summed E-state index contributed by atoms with van der Waals surface area (Å²) in [5, 5.41) is 0. The predicted octanol–water partition coefficient (Wildman–Crippen LogP) is 2.90. The molecule has 1 aliphatic heterocycles. The van der Waals surface area contributed by atoms with E-state index in [2.05, 4.69) is 11.0 Å². The second kappa shape index (κ2) is 8.20. The molecule has 3 rings (SSSR count). The molecule has 1 aliphatic rings. The number of aryl methyl sites for hydroxylation is 1. The number of piperazine rings is 1. The van der Waals surface area contributed by atoms with Gasteiger partial charge in [-0.05, 0) is 32.0 Å². The SMILES string of the molecule is CCOc1ccccc1CN1CCN(S(=O)(=O)c2ccc(C)cc2)CC1. The normalized spacial score (nSPS) is 16.5. The highest BCUT2D eigenvalue weighted by molar-refractivity contribution is 7.89. The highest BCUT2D eigenvalue weighted by Crippen LogP contribution is 2.22. The summed E-state index contributed by atoms with van der Waals surface area (Å²) in [7, 11) is -3.41. The number of nitrogens with zero attached hydrogens (tertiary/aromatic N) is 2. The van der Waals surface area contributed by atoms with Crippen molar-refractivity contribution in [3.63, 3.8) is 0 Å². The van der Waals surface area contributed by atoms with E-state index in [0.29, 0.717) is 37.7 Å². The zero-order chi connectivity index (χ0) is 18.6. The first-order chi connectivity index (χ1) is 12.5. The van der Waals surface area contributed by atoms with E-state index >= 15 is 0 Å². The lowest BCUT2D eigenvalue weighted by Crippen LogP contribution is -2.48. The van der Waals surface area contributed by atoms with Crippen LogP contribution in [0.25, 0.3) is 0 Å². The zero-order valence-corrected chi connectivity index (χ0v) is 16.2. The molecule has 0 amide bonds. The fourth-order valence-corrected chi connectivity index (χ4v) is 4.58. The Labute approximate surface area is 156 Å². The Hall–Kier alpha value is -1.89. The molecular weight excluding hydrogens is 348 g/mol. The van der Waals surface area contributed by atoms with Crippen LogP contribution in [-0.2, 0) is 16.6 Å². The maximum atomic E-state index is 12.8. The second-order valence-corrected chi connectivity index (χ2v) is 8.47. The van der Waals surface area contributed by atoms with Crippen molar-refractivity contribution < 1.29 is 13.2 Å².